The van der Waals surface area contributed by atoms with Crippen molar-refractivity contribution < 1.29 is 4.92 Å². The Bertz CT molecular complexity index is 608. The van der Waals surface area contributed by atoms with Crippen molar-refractivity contribution in [1.29, 1.82) is 0 Å². The Morgan fingerprint density at radius 3 is 2.88 bits per heavy atom. The van der Waals surface area contributed by atoms with Crippen LogP contribution >= 0.6 is 0 Å². The molecule has 0 fully saturated rings. The molecular formula is C13H12N2O2. The first-order valence-electron chi connectivity index (χ1n) is 5.80. The third kappa shape index (κ3) is 1.65. The quantitative estimate of drug-likeness (QED) is 0.556. The van der Waals surface area contributed by atoms with Gasteiger partial charge in [0, 0.05) is 11.5 Å². The molecule has 3 rings (SSSR count). The monoisotopic (exact) mass is 228 g/mol. The molecule has 17 heavy (non-hydrogen) atoms. The number of nitro groups is 1. The number of nitrogens with zero attached hydrogens (tertiary/aromatic N) is 2. The van der Waals surface area contributed by atoms with Crippen LogP contribution in [0.5, 0.6) is 0 Å². The molecule has 0 saturated carbocycles. The lowest BCUT2D eigenvalue weighted by Crippen LogP contribution is -2.04. The lowest BCUT2D eigenvalue weighted by atomic mass is 9.90. The Labute approximate surface area is 98.4 Å². The minimum atomic E-state index is -0.397. The zero-order valence-electron chi connectivity index (χ0n) is 9.35. The predicted octanol–water partition coefficient (Wildman–Crippen LogP) is 3.02. The average molecular weight is 228 g/mol. The lowest BCUT2D eigenvalue weighted by molar-refractivity contribution is -0.385. The van der Waals surface area contributed by atoms with Crippen LogP contribution < -0.4 is 0 Å². The van der Waals surface area contributed by atoms with E-state index in [-0.39, 0.29) is 5.69 Å². The van der Waals surface area contributed by atoms with E-state index in [1.807, 2.05) is 6.07 Å². The molecule has 1 aliphatic carbocycles. The average Bonchev–Trinajstić information content (AvgIpc) is 2.38. The molecular weight excluding hydrogens is 216 g/mol. The van der Waals surface area contributed by atoms with Gasteiger partial charge in [0.1, 0.15) is 6.20 Å². The van der Waals surface area contributed by atoms with Gasteiger partial charge in [0.15, 0.2) is 0 Å². The van der Waals surface area contributed by atoms with Gasteiger partial charge in [0.05, 0.1) is 10.4 Å². The molecule has 0 atom stereocenters. The maximum Gasteiger partial charge on any atom is 0.288 e. The number of hydrogen-bond acceptors (Lipinski definition) is 3. The van der Waals surface area contributed by atoms with Crippen LogP contribution in [0, 0.1) is 10.1 Å². The topological polar surface area (TPSA) is 56.0 Å². The maximum atomic E-state index is 10.7. The molecule has 4 heteroatoms. The Morgan fingerprint density at radius 2 is 2.06 bits per heavy atom. The van der Waals surface area contributed by atoms with Crippen LogP contribution in [0.25, 0.3) is 10.9 Å². The molecule has 0 saturated heterocycles. The first-order chi connectivity index (χ1) is 8.25. The molecule has 4 nitrogen and oxygen atoms in total. The van der Waals surface area contributed by atoms with Crippen LogP contribution in [0.4, 0.5) is 5.69 Å². The molecule has 0 aliphatic heterocycles. The van der Waals surface area contributed by atoms with Crippen molar-refractivity contribution in [2.45, 2.75) is 25.7 Å². The summed E-state index contributed by atoms with van der Waals surface area (Å²) in [5, 5.41) is 11.6. The molecule has 0 N–H and O–H groups in total. The van der Waals surface area contributed by atoms with Crippen molar-refractivity contribution in [1.82, 2.24) is 4.98 Å². The van der Waals surface area contributed by atoms with Gasteiger partial charge in [-0.25, -0.2) is 4.98 Å². The van der Waals surface area contributed by atoms with Crippen LogP contribution in [0.3, 0.4) is 0 Å². The second-order valence-corrected chi connectivity index (χ2v) is 4.43. The summed E-state index contributed by atoms with van der Waals surface area (Å²) in [7, 11) is 0. The first kappa shape index (κ1) is 10.2. The maximum absolute atomic E-state index is 10.7. The van der Waals surface area contributed by atoms with Gasteiger partial charge in [-0.2, -0.15) is 0 Å². The third-order valence-electron chi connectivity index (χ3n) is 3.37. The largest absolute Gasteiger partial charge is 0.288 e. The molecule has 0 amide bonds. The van der Waals surface area contributed by atoms with Crippen molar-refractivity contribution >= 4 is 16.6 Å². The fourth-order valence-electron chi connectivity index (χ4n) is 2.52. The number of aromatic nitrogens is 1. The van der Waals surface area contributed by atoms with Gasteiger partial charge in [0.2, 0.25) is 0 Å². The van der Waals surface area contributed by atoms with Crippen molar-refractivity contribution in [3.63, 3.8) is 0 Å². The summed E-state index contributed by atoms with van der Waals surface area (Å²) >= 11 is 0. The minimum Gasteiger partial charge on any atom is -0.258 e. The molecule has 2 aromatic rings. The van der Waals surface area contributed by atoms with E-state index in [9.17, 15) is 10.1 Å². The van der Waals surface area contributed by atoms with Crippen molar-refractivity contribution in [3.8, 4) is 0 Å². The number of benzene rings is 1. The van der Waals surface area contributed by atoms with Crippen LogP contribution in [-0.4, -0.2) is 9.91 Å². The molecule has 0 unspecified atom stereocenters. The van der Waals surface area contributed by atoms with Crippen molar-refractivity contribution in [2.24, 2.45) is 0 Å². The lowest BCUT2D eigenvalue weighted by Gasteiger charge is -2.16. The summed E-state index contributed by atoms with van der Waals surface area (Å²) in [5.74, 6) is 0. The Hall–Kier alpha value is -1.97. The molecule has 1 aliphatic rings. The van der Waals surface area contributed by atoms with Gasteiger partial charge in [-0.15, -0.1) is 0 Å². The Morgan fingerprint density at radius 1 is 1.24 bits per heavy atom. The van der Waals surface area contributed by atoms with E-state index < -0.39 is 4.92 Å². The third-order valence-corrected chi connectivity index (χ3v) is 3.37. The van der Waals surface area contributed by atoms with Crippen LogP contribution in [-0.2, 0) is 12.8 Å². The van der Waals surface area contributed by atoms with E-state index in [4.69, 9.17) is 0 Å². The standard InChI is InChI=1S/C13H12N2O2/c16-15(17)11-7-10-6-5-9-3-1-2-4-12(9)13(10)14-8-11/h5-8H,1-4H2. The normalized spacial score (nSPS) is 14.6. The summed E-state index contributed by atoms with van der Waals surface area (Å²) in [4.78, 5) is 14.6. The molecule has 1 aromatic heterocycles. The van der Waals surface area contributed by atoms with Crippen LogP contribution in [0.1, 0.15) is 24.0 Å². The summed E-state index contributed by atoms with van der Waals surface area (Å²) < 4.78 is 0. The highest BCUT2D eigenvalue weighted by molar-refractivity contribution is 5.84. The van der Waals surface area contributed by atoms with Crippen molar-refractivity contribution in [2.75, 3.05) is 0 Å². The first-order valence-corrected chi connectivity index (χ1v) is 5.80. The van der Waals surface area contributed by atoms with E-state index in [1.165, 1.54) is 30.2 Å². The predicted molar refractivity (Wildman–Crippen MR) is 65.0 cm³/mol. The fourth-order valence-corrected chi connectivity index (χ4v) is 2.52. The summed E-state index contributed by atoms with van der Waals surface area (Å²) in [5.41, 5.74) is 3.63. The van der Waals surface area contributed by atoms with E-state index in [1.54, 1.807) is 6.07 Å². The van der Waals surface area contributed by atoms with Gasteiger partial charge >= 0.3 is 0 Å². The molecule has 1 heterocycles. The van der Waals surface area contributed by atoms with Crippen molar-refractivity contribution in [3.05, 3.63) is 45.6 Å². The zero-order chi connectivity index (χ0) is 11.8. The van der Waals surface area contributed by atoms with Gasteiger partial charge in [-0.3, -0.25) is 10.1 Å². The molecule has 1 aromatic carbocycles. The number of fused-ring (bicyclic) bond motifs is 3. The molecule has 0 bridgehead atoms. The number of pyridine rings is 1. The SMILES string of the molecule is O=[N+]([O-])c1cnc2c3c(ccc2c1)CCCC3. The summed E-state index contributed by atoms with van der Waals surface area (Å²) in [6, 6.07) is 5.64. The second-order valence-electron chi connectivity index (χ2n) is 4.43. The molecule has 0 radical (unpaired) electrons. The second kappa shape index (κ2) is 3.80. The summed E-state index contributed by atoms with van der Waals surface area (Å²) in [6.07, 6.45) is 5.91. The van der Waals surface area contributed by atoms with E-state index in [2.05, 4.69) is 11.1 Å². The van der Waals surface area contributed by atoms with Gasteiger partial charge in [-0.05, 0) is 36.8 Å². The number of rotatable bonds is 1. The Kier molecular flexibility index (Phi) is 2.28. The molecule has 86 valence electrons. The van der Waals surface area contributed by atoms with Gasteiger partial charge < -0.3 is 0 Å². The highest BCUT2D eigenvalue weighted by atomic mass is 16.6. The number of hydrogen-bond donors (Lipinski definition) is 0. The molecule has 0 spiro atoms. The van der Waals surface area contributed by atoms with E-state index in [0.29, 0.717) is 0 Å². The fraction of sp³-hybridized carbons (Fsp3) is 0.308. The zero-order valence-corrected chi connectivity index (χ0v) is 9.35. The van der Waals surface area contributed by atoms with Gasteiger partial charge in [0.25, 0.3) is 5.69 Å². The minimum absolute atomic E-state index is 0.0632. The van der Waals surface area contributed by atoms with E-state index >= 15 is 0 Å². The summed E-state index contributed by atoms with van der Waals surface area (Å²) in [6.45, 7) is 0. The highest BCUT2D eigenvalue weighted by Crippen LogP contribution is 2.29. The highest BCUT2D eigenvalue weighted by Gasteiger charge is 2.15. The van der Waals surface area contributed by atoms with Gasteiger partial charge in [-0.1, -0.05) is 12.1 Å². The van der Waals surface area contributed by atoms with Crippen LogP contribution in [0.2, 0.25) is 0 Å². The number of aryl methyl sites for hydroxylation is 2. The smallest absolute Gasteiger partial charge is 0.258 e. The van der Waals surface area contributed by atoms with E-state index in [0.717, 1.165) is 23.7 Å². The Balaban J connectivity index is 2.24. The van der Waals surface area contributed by atoms with Crippen LogP contribution in [0.15, 0.2) is 24.4 Å².